The van der Waals surface area contributed by atoms with Crippen molar-refractivity contribution in [3.63, 3.8) is 0 Å². The zero-order chi connectivity index (χ0) is 31.4. The quantitative estimate of drug-likeness (QED) is 0.0975. The van der Waals surface area contributed by atoms with E-state index in [9.17, 15) is 9.59 Å². The van der Waals surface area contributed by atoms with Crippen LogP contribution < -0.4 is 10.6 Å². The predicted molar refractivity (Wildman–Crippen MR) is 174 cm³/mol. The van der Waals surface area contributed by atoms with Crippen molar-refractivity contribution in [2.24, 2.45) is 20.5 Å². The minimum Gasteiger partial charge on any atom is -0.449 e. The number of hydrogen-bond acceptors (Lipinski definition) is 8. The SMILES string of the molecule is O=C(NCCCCCNC(=O)OCCc1ccc(/N=N/c2ccccc2)cc1)OCCc1ccc(/N=N/c2ccccc2)cc1. The van der Waals surface area contributed by atoms with Crippen LogP contribution in [0.4, 0.5) is 32.3 Å². The Morgan fingerprint density at radius 3 is 1.20 bits per heavy atom. The van der Waals surface area contributed by atoms with Crippen molar-refractivity contribution in [1.82, 2.24) is 10.6 Å². The number of benzene rings is 4. The third-order valence-electron chi connectivity index (χ3n) is 6.59. The molecule has 0 aliphatic rings. The fraction of sp³-hybridized carbons (Fsp3) is 0.257. The van der Waals surface area contributed by atoms with Crippen LogP contribution in [0.5, 0.6) is 0 Å². The van der Waals surface area contributed by atoms with Crippen LogP contribution in [0.25, 0.3) is 0 Å². The number of carbonyl (C=O) groups excluding carboxylic acids is 2. The van der Waals surface area contributed by atoms with Gasteiger partial charge in [-0.25, -0.2) is 9.59 Å². The molecule has 0 fully saturated rings. The van der Waals surface area contributed by atoms with Gasteiger partial charge in [-0.3, -0.25) is 0 Å². The van der Waals surface area contributed by atoms with E-state index in [1.54, 1.807) is 0 Å². The van der Waals surface area contributed by atoms with Crippen LogP contribution in [-0.2, 0) is 22.3 Å². The summed E-state index contributed by atoms with van der Waals surface area (Å²) in [5, 5.41) is 22.4. The molecule has 10 heteroatoms. The lowest BCUT2D eigenvalue weighted by Gasteiger charge is -2.08. The molecule has 10 nitrogen and oxygen atoms in total. The lowest BCUT2D eigenvalue weighted by molar-refractivity contribution is 0.147. The number of amides is 2. The summed E-state index contributed by atoms with van der Waals surface area (Å²) >= 11 is 0. The lowest BCUT2D eigenvalue weighted by atomic mass is 10.1. The summed E-state index contributed by atoms with van der Waals surface area (Å²) in [5.41, 5.74) is 5.21. The van der Waals surface area contributed by atoms with Crippen LogP contribution in [0.2, 0.25) is 0 Å². The maximum absolute atomic E-state index is 11.9. The van der Waals surface area contributed by atoms with Gasteiger partial charge in [0.05, 0.1) is 36.0 Å². The fourth-order valence-electron chi connectivity index (χ4n) is 4.11. The molecule has 0 aliphatic carbocycles. The third kappa shape index (κ3) is 13.2. The molecule has 0 spiro atoms. The Labute approximate surface area is 263 Å². The minimum absolute atomic E-state index is 0.287. The van der Waals surface area contributed by atoms with Gasteiger partial charge >= 0.3 is 12.2 Å². The number of azo groups is 2. The topological polar surface area (TPSA) is 126 Å². The van der Waals surface area contributed by atoms with Gasteiger partial charge in [-0.1, -0.05) is 60.7 Å². The molecule has 0 aliphatic heterocycles. The highest BCUT2D eigenvalue weighted by atomic mass is 16.6. The van der Waals surface area contributed by atoms with E-state index in [-0.39, 0.29) is 13.2 Å². The summed E-state index contributed by atoms with van der Waals surface area (Å²) in [6.07, 6.45) is 2.77. The zero-order valence-electron chi connectivity index (χ0n) is 25.2. The standard InChI is InChI=1S/C35H38N6O4/c42-34(44-26-22-28-14-18-32(19-15-28)40-38-30-10-4-1-5-11-30)36-24-8-3-9-25-37-35(43)45-27-23-29-16-20-33(21-17-29)41-39-31-12-6-2-7-13-31/h1-2,4-7,10-21H,3,8-9,22-27H2,(H,36,42)(H,37,43)/b40-38+,41-39+. The molecule has 0 radical (unpaired) electrons. The van der Waals surface area contributed by atoms with Gasteiger partial charge in [0.1, 0.15) is 0 Å². The molecule has 0 unspecified atom stereocenters. The summed E-state index contributed by atoms with van der Waals surface area (Å²) in [6.45, 7) is 1.59. The van der Waals surface area contributed by atoms with E-state index in [1.165, 1.54) is 0 Å². The normalized spacial score (nSPS) is 11.0. The molecule has 232 valence electrons. The number of nitrogens with one attached hydrogen (secondary N) is 2. The highest BCUT2D eigenvalue weighted by molar-refractivity contribution is 5.67. The van der Waals surface area contributed by atoms with Crippen molar-refractivity contribution in [1.29, 1.82) is 0 Å². The molecule has 4 rings (SSSR count). The van der Waals surface area contributed by atoms with Crippen molar-refractivity contribution >= 4 is 34.9 Å². The number of rotatable bonds is 16. The van der Waals surface area contributed by atoms with Crippen LogP contribution in [0.1, 0.15) is 30.4 Å². The number of nitrogens with zero attached hydrogens (tertiary/aromatic N) is 4. The Bertz CT molecular complexity index is 1380. The Morgan fingerprint density at radius 1 is 0.467 bits per heavy atom. The van der Waals surface area contributed by atoms with E-state index >= 15 is 0 Å². The van der Waals surface area contributed by atoms with Gasteiger partial charge in [-0.2, -0.15) is 20.5 Å². The summed E-state index contributed by atoms with van der Waals surface area (Å²) in [4.78, 5) is 23.9. The van der Waals surface area contributed by atoms with E-state index in [2.05, 4.69) is 31.1 Å². The first kappa shape index (κ1) is 32.5. The number of carbonyl (C=O) groups is 2. The van der Waals surface area contributed by atoms with E-state index in [0.717, 1.165) is 53.1 Å². The van der Waals surface area contributed by atoms with Crippen LogP contribution in [0, 0.1) is 0 Å². The van der Waals surface area contributed by atoms with E-state index in [0.29, 0.717) is 25.9 Å². The van der Waals surface area contributed by atoms with Gasteiger partial charge in [0.2, 0.25) is 0 Å². The maximum atomic E-state index is 11.9. The molecular formula is C35H38N6O4. The molecule has 0 atom stereocenters. The van der Waals surface area contributed by atoms with Crippen molar-refractivity contribution in [3.8, 4) is 0 Å². The van der Waals surface area contributed by atoms with E-state index in [1.807, 2.05) is 109 Å². The minimum atomic E-state index is -0.434. The third-order valence-corrected chi connectivity index (χ3v) is 6.59. The average Bonchev–Trinajstić information content (AvgIpc) is 3.08. The largest absolute Gasteiger partial charge is 0.449 e. The van der Waals surface area contributed by atoms with E-state index in [4.69, 9.17) is 9.47 Å². The molecule has 45 heavy (non-hydrogen) atoms. The van der Waals surface area contributed by atoms with E-state index < -0.39 is 12.2 Å². The smallest absolute Gasteiger partial charge is 0.407 e. The first-order valence-corrected chi connectivity index (χ1v) is 15.1. The van der Waals surface area contributed by atoms with Crippen LogP contribution in [0.3, 0.4) is 0 Å². The first-order chi connectivity index (χ1) is 22.1. The second kappa shape index (κ2) is 19.0. The molecule has 4 aromatic carbocycles. The van der Waals surface area contributed by atoms with Crippen LogP contribution in [0.15, 0.2) is 130 Å². The van der Waals surface area contributed by atoms with Gasteiger partial charge in [-0.15, -0.1) is 0 Å². The summed E-state index contributed by atoms with van der Waals surface area (Å²) < 4.78 is 10.5. The Kier molecular flexibility index (Phi) is 13.7. The molecule has 0 heterocycles. The number of hydrogen-bond donors (Lipinski definition) is 2. The van der Waals surface area contributed by atoms with Gasteiger partial charge in [0.15, 0.2) is 0 Å². The molecule has 0 bridgehead atoms. The van der Waals surface area contributed by atoms with Crippen molar-refractivity contribution in [2.45, 2.75) is 32.1 Å². The fourth-order valence-corrected chi connectivity index (χ4v) is 4.11. The van der Waals surface area contributed by atoms with Crippen LogP contribution >= 0.6 is 0 Å². The summed E-state index contributed by atoms with van der Waals surface area (Å²) in [5.74, 6) is 0. The van der Waals surface area contributed by atoms with Gasteiger partial charge < -0.3 is 20.1 Å². The number of ether oxygens (including phenoxy) is 2. The second-order valence-corrected chi connectivity index (χ2v) is 10.1. The first-order valence-electron chi connectivity index (χ1n) is 15.1. The highest BCUT2D eigenvalue weighted by Gasteiger charge is 2.04. The lowest BCUT2D eigenvalue weighted by Crippen LogP contribution is -2.27. The average molecular weight is 607 g/mol. The van der Waals surface area contributed by atoms with Crippen molar-refractivity contribution in [3.05, 3.63) is 120 Å². The molecular weight excluding hydrogens is 568 g/mol. The number of unbranched alkanes of at least 4 members (excludes halogenated alkanes) is 2. The Hall–Kier alpha value is -5.38. The Balaban J connectivity index is 0.967. The molecule has 2 N–H and O–H groups in total. The molecule has 0 saturated heterocycles. The molecule has 0 saturated carbocycles. The molecule has 0 aromatic heterocycles. The van der Waals surface area contributed by atoms with Gasteiger partial charge in [-0.05, 0) is 78.9 Å². The molecule has 4 aromatic rings. The van der Waals surface area contributed by atoms with Gasteiger partial charge in [0, 0.05) is 25.9 Å². The predicted octanol–water partition coefficient (Wildman–Crippen LogP) is 8.93. The summed E-state index contributed by atoms with van der Waals surface area (Å²) in [7, 11) is 0. The maximum Gasteiger partial charge on any atom is 0.407 e. The van der Waals surface area contributed by atoms with Crippen molar-refractivity contribution < 1.29 is 19.1 Å². The van der Waals surface area contributed by atoms with Crippen LogP contribution in [-0.4, -0.2) is 38.5 Å². The molecule has 2 amide bonds. The Morgan fingerprint density at radius 2 is 0.822 bits per heavy atom. The monoisotopic (exact) mass is 606 g/mol. The van der Waals surface area contributed by atoms with Crippen molar-refractivity contribution in [2.75, 3.05) is 26.3 Å². The highest BCUT2D eigenvalue weighted by Crippen LogP contribution is 2.19. The number of alkyl carbamates (subject to hydrolysis) is 2. The summed E-state index contributed by atoms with van der Waals surface area (Å²) in [6, 6.07) is 34.5. The zero-order valence-corrected chi connectivity index (χ0v) is 25.2. The van der Waals surface area contributed by atoms with Gasteiger partial charge in [0.25, 0.3) is 0 Å². The second-order valence-electron chi connectivity index (χ2n) is 10.1.